The number of para-hydroxylation sites is 1. The highest BCUT2D eigenvalue weighted by Gasteiger charge is 2.19. The van der Waals surface area contributed by atoms with Gasteiger partial charge < -0.3 is 0 Å². The van der Waals surface area contributed by atoms with Gasteiger partial charge in [-0.15, -0.1) is 0 Å². The maximum absolute atomic E-state index is 8.89. The second kappa shape index (κ2) is 11.2. The van der Waals surface area contributed by atoms with Crippen molar-refractivity contribution in [1.29, 1.82) is 5.41 Å². The Morgan fingerprint density at radius 1 is 0.556 bits per heavy atom. The molecule has 4 nitrogen and oxygen atoms in total. The zero-order chi connectivity index (χ0) is 30.2. The molecule has 0 atom stereocenters. The van der Waals surface area contributed by atoms with Gasteiger partial charge in [0.1, 0.15) is 5.71 Å². The van der Waals surface area contributed by atoms with Crippen LogP contribution < -0.4 is 5.43 Å². The normalized spacial score (nSPS) is 13.9. The Balaban J connectivity index is 1.10. The predicted molar refractivity (Wildman–Crippen MR) is 190 cm³/mol. The minimum Gasteiger partial charge on any atom is -0.299 e. The van der Waals surface area contributed by atoms with Crippen LogP contribution in [0, 0.1) is 5.41 Å². The third-order valence-corrected chi connectivity index (χ3v) is 8.39. The fourth-order valence-electron chi connectivity index (χ4n) is 6.24. The van der Waals surface area contributed by atoms with Crippen molar-refractivity contribution < 1.29 is 0 Å². The van der Waals surface area contributed by atoms with Crippen LogP contribution in [-0.4, -0.2) is 16.4 Å². The molecule has 1 aromatic heterocycles. The quantitative estimate of drug-likeness (QED) is 0.122. The minimum absolute atomic E-state index is 0.360. The predicted octanol–water partition coefficient (Wildman–Crippen LogP) is 10.3. The zero-order valence-electron chi connectivity index (χ0n) is 24.4. The van der Waals surface area contributed by atoms with E-state index in [0.29, 0.717) is 11.4 Å². The van der Waals surface area contributed by atoms with Crippen LogP contribution in [-0.2, 0) is 0 Å². The number of allylic oxidation sites excluding steroid dienone is 4. The van der Waals surface area contributed by atoms with Crippen molar-refractivity contribution in [2.24, 2.45) is 5.10 Å². The molecule has 8 rings (SSSR count). The Labute approximate surface area is 261 Å². The molecule has 4 heteroatoms. The molecule has 0 unspecified atom stereocenters. The summed E-state index contributed by atoms with van der Waals surface area (Å²) in [6.45, 7) is 0. The molecule has 1 aliphatic rings. The van der Waals surface area contributed by atoms with E-state index in [4.69, 9.17) is 5.41 Å². The molecule has 0 saturated heterocycles. The van der Waals surface area contributed by atoms with Gasteiger partial charge in [0.15, 0.2) is 0 Å². The maximum Gasteiger partial charge on any atom is 0.108 e. The molecule has 212 valence electrons. The van der Waals surface area contributed by atoms with Crippen molar-refractivity contribution in [3.8, 4) is 22.3 Å². The molecule has 0 fully saturated rings. The van der Waals surface area contributed by atoms with E-state index >= 15 is 0 Å². The Morgan fingerprint density at radius 2 is 1.18 bits per heavy atom. The molecule has 0 amide bonds. The molecule has 0 bridgehead atoms. The molecule has 0 aliphatic heterocycles. The van der Waals surface area contributed by atoms with Crippen LogP contribution in [0.2, 0.25) is 0 Å². The summed E-state index contributed by atoms with van der Waals surface area (Å²) in [5.41, 5.74) is 12.6. The summed E-state index contributed by atoms with van der Waals surface area (Å²) in [5, 5.41) is 19.3. The van der Waals surface area contributed by atoms with E-state index in [0.717, 1.165) is 38.9 Å². The van der Waals surface area contributed by atoms with E-state index in [2.05, 4.69) is 125 Å². The number of fused-ring (bicyclic) bond motifs is 3. The average molecular weight is 577 g/mol. The minimum atomic E-state index is 0.360. The fourth-order valence-corrected chi connectivity index (χ4v) is 6.24. The van der Waals surface area contributed by atoms with E-state index in [1.54, 1.807) is 0 Å². The lowest BCUT2D eigenvalue weighted by Gasteiger charge is -2.19. The van der Waals surface area contributed by atoms with Crippen LogP contribution in [0.3, 0.4) is 0 Å². The fraction of sp³-hybridized carbons (Fsp3) is 0. The summed E-state index contributed by atoms with van der Waals surface area (Å²) >= 11 is 0. The molecule has 6 aromatic carbocycles. The van der Waals surface area contributed by atoms with Gasteiger partial charge in [0, 0.05) is 17.1 Å². The van der Waals surface area contributed by atoms with Crippen molar-refractivity contribution in [1.82, 2.24) is 4.98 Å². The number of pyridine rings is 1. The molecule has 0 saturated carbocycles. The molecule has 1 aliphatic carbocycles. The highest BCUT2D eigenvalue weighted by molar-refractivity contribution is 6.52. The van der Waals surface area contributed by atoms with E-state index in [9.17, 15) is 0 Å². The summed E-state index contributed by atoms with van der Waals surface area (Å²) in [5.74, 6) is 0. The smallest absolute Gasteiger partial charge is 0.108 e. The first-order valence-corrected chi connectivity index (χ1v) is 15.0. The lowest BCUT2D eigenvalue weighted by Crippen LogP contribution is -2.13. The van der Waals surface area contributed by atoms with Gasteiger partial charge in [0.25, 0.3) is 0 Å². The molecular weight excluding hydrogens is 548 g/mol. The zero-order valence-corrected chi connectivity index (χ0v) is 24.4. The number of benzene rings is 6. The second-order valence-electron chi connectivity index (χ2n) is 11.2. The first-order chi connectivity index (χ1) is 22.2. The van der Waals surface area contributed by atoms with Gasteiger partial charge in [-0.1, -0.05) is 115 Å². The van der Waals surface area contributed by atoms with Crippen LogP contribution in [0.25, 0.3) is 60.3 Å². The highest BCUT2D eigenvalue weighted by Crippen LogP contribution is 2.42. The van der Waals surface area contributed by atoms with E-state index in [-0.39, 0.29) is 0 Å². The van der Waals surface area contributed by atoms with Crippen molar-refractivity contribution in [2.75, 3.05) is 5.43 Å². The molecular formula is C41H28N4. The number of anilines is 1. The molecule has 45 heavy (non-hydrogen) atoms. The van der Waals surface area contributed by atoms with Crippen LogP contribution in [0.1, 0.15) is 5.56 Å². The van der Waals surface area contributed by atoms with Gasteiger partial charge >= 0.3 is 0 Å². The Kier molecular flexibility index (Phi) is 6.58. The SMILES string of the molecule is N=C1C=C(c2c3ccccc3c(-c3ccccc3)c3ccccc23)C=C/C1=N/Nc1ccc(-c2cnc3ccccc3c2)cc1. The summed E-state index contributed by atoms with van der Waals surface area (Å²) < 4.78 is 0. The summed E-state index contributed by atoms with van der Waals surface area (Å²) in [6, 6.07) is 46.1. The van der Waals surface area contributed by atoms with Gasteiger partial charge in [-0.2, -0.15) is 5.10 Å². The molecule has 0 radical (unpaired) electrons. The van der Waals surface area contributed by atoms with E-state index < -0.39 is 0 Å². The van der Waals surface area contributed by atoms with Gasteiger partial charge in [-0.25, -0.2) is 0 Å². The second-order valence-corrected chi connectivity index (χ2v) is 11.2. The number of hydrogen-bond acceptors (Lipinski definition) is 4. The van der Waals surface area contributed by atoms with Crippen LogP contribution >= 0.6 is 0 Å². The molecule has 2 N–H and O–H groups in total. The monoisotopic (exact) mass is 576 g/mol. The maximum atomic E-state index is 8.89. The number of nitrogens with zero attached hydrogens (tertiary/aromatic N) is 2. The van der Waals surface area contributed by atoms with Crippen molar-refractivity contribution in [2.45, 2.75) is 0 Å². The Bertz CT molecular complexity index is 2290. The molecule has 1 heterocycles. The third-order valence-electron chi connectivity index (χ3n) is 8.39. The topological polar surface area (TPSA) is 61.1 Å². The van der Waals surface area contributed by atoms with Crippen molar-refractivity contribution in [3.05, 3.63) is 163 Å². The van der Waals surface area contributed by atoms with Crippen molar-refractivity contribution >= 4 is 55.1 Å². The summed E-state index contributed by atoms with van der Waals surface area (Å²) in [7, 11) is 0. The van der Waals surface area contributed by atoms with Crippen molar-refractivity contribution in [3.63, 3.8) is 0 Å². The number of hydrogen-bond donors (Lipinski definition) is 2. The summed E-state index contributed by atoms with van der Waals surface area (Å²) in [4.78, 5) is 4.59. The van der Waals surface area contributed by atoms with Crippen LogP contribution in [0.4, 0.5) is 5.69 Å². The first-order valence-electron chi connectivity index (χ1n) is 15.0. The first kappa shape index (κ1) is 26.5. The lowest BCUT2D eigenvalue weighted by atomic mass is 9.84. The average Bonchev–Trinajstić information content (AvgIpc) is 3.10. The van der Waals surface area contributed by atoms with Gasteiger partial charge in [0.05, 0.1) is 16.9 Å². The third kappa shape index (κ3) is 4.89. The molecule has 0 spiro atoms. The van der Waals surface area contributed by atoms with Crippen LogP contribution in [0.5, 0.6) is 0 Å². The van der Waals surface area contributed by atoms with Gasteiger partial charge in [-0.3, -0.25) is 15.8 Å². The molecule has 7 aromatic rings. The van der Waals surface area contributed by atoms with Gasteiger partial charge in [-0.05, 0) is 85.8 Å². The summed E-state index contributed by atoms with van der Waals surface area (Å²) in [6.07, 6.45) is 7.83. The highest BCUT2D eigenvalue weighted by atomic mass is 15.3. The largest absolute Gasteiger partial charge is 0.299 e. The van der Waals surface area contributed by atoms with Crippen LogP contribution in [0.15, 0.2) is 163 Å². The van der Waals surface area contributed by atoms with Gasteiger partial charge in [0.2, 0.25) is 0 Å². The number of nitrogens with one attached hydrogen (secondary N) is 2. The number of rotatable bonds is 5. The number of aromatic nitrogens is 1. The Morgan fingerprint density at radius 3 is 1.87 bits per heavy atom. The van der Waals surface area contributed by atoms with E-state index in [1.807, 2.05) is 48.7 Å². The standard InChI is InChI=1S/C41H28N4/c42-37-25-30(41-35-15-7-5-13-33(35)40(28-10-2-1-3-11-28)34-14-6-8-16-36(34)41)20-23-39(37)45-44-32-21-18-27(19-22-32)31-24-29-12-4-9-17-38(29)43-26-31/h1-26,42,44H/b42-37?,45-39-. The van der Waals surface area contributed by atoms with E-state index in [1.165, 1.54) is 32.7 Å². The lowest BCUT2D eigenvalue weighted by molar-refractivity contribution is 1.34. The number of hydrazone groups is 1. The Hall–Kier alpha value is -6.13.